The molecule has 0 bridgehead atoms. The molecule has 2 rings (SSSR count). The highest BCUT2D eigenvalue weighted by molar-refractivity contribution is 6.30. The zero-order chi connectivity index (χ0) is 12.3. The van der Waals surface area contributed by atoms with Crippen LogP contribution in [0.4, 0.5) is 0 Å². The van der Waals surface area contributed by atoms with Crippen molar-refractivity contribution < 1.29 is 0 Å². The summed E-state index contributed by atoms with van der Waals surface area (Å²) in [6.07, 6.45) is 5.12. The van der Waals surface area contributed by atoms with Crippen LogP contribution in [0.1, 0.15) is 51.1 Å². The smallest absolute Gasteiger partial charge is 0.0409 e. The summed E-state index contributed by atoms with van der Waals surface area (Å²) in [4.78, 5) is 0. The first-order chi connectivity index (χ1) is 8.19. The molecule has 1 N–H and O–H groups in total. The van der Waals surface area contributed by atoms with Gasteiger partial charge in [-0.05, 0) is 49.3 Å². The predicted molar refractivity (Wildman–Crippen MR) is 74.4 cm³/mol. The lowest BCUT2D eigenvalue weighted by Crippen LogP contribution is -2.30. The molecule has 0 spiro atoms. The molecule has 2 heteroatoms. The van der Waals surface area contributed by atoms with E-state index in [0.29, 0.717) is 12.1 Å². The average Bonchev–Trinajstić information content (AvgIpc) is 2.72. The summed E-state index contributed by atoms with van der Waals surface area (Å²) < 4.78 is 0. The highest BCUT2D eigenvalue weighted by Crippen LogP contribution is 2.28. The van der Waals surface area contributed by atoms with Gasteiger partial charge in [-0.1, -0.05) is 37.6 Å². The molecule has 17 heavy (non-hydrogen) atoms. The summed E-state index contributed by atoms with van der Waals surface area (Å²) in [5.74, 6) is 0.879. The molecule has 1 aromatic carbocycles. The Labute approximate surface area is 110 Å². The molecule has 1 saturated carbocycles. The lowest BCUT2D eigenvalue weighted by Gasteiger charge is -2.22. The quantitative estimate of drug-likeness (QED) is 0.827. The molecule has 94 valence electrons. The Morgan fingerprint density at radius 1 is 1.41 bits per heavy atom. The van der Waals surface area contributed by atoms with Crippen LogP contribution in [0.25, 0.3) is 0 Å². The van der Waals surface area contributed by atoms with Crippen LogP contribution in [-0.4, -0.2) is 6.04 Å². The van der Waals surface area contributed by atoms with Crippen molar-refractivity contribution in [2.75, 3.05) is 0 Å². The molecule has 0 aromatic heterocycles. The fourth-order valence-corrected chi connectivity index (χ4v) is 3.01. The number of benzene rings is 1. The largest absolute Gasteiger partial charge is 0.307 e. The van der Waals surface area contributed by atoms with Gasteiger partial charge in [0, 0.05) is 17.1 Å². The third-order valence-electron chi connectivity index (χ3n) is 3.79. The molecule has 3 atom stereocenters. The maximum atomic E-state index is 6.06. The van der Waals surface area contributed by atoms with Gasteiger partial charge >= 0.3 is 0 Å². The van der Waals surface area contributed by atoms with Crippen LogP contribution in [0.5, 0.6) is 0 Å². The van der Waals surface area contributed by atoms with Crippen molar-refractivity contribution in [1.29, 1.82) is 0 Å². The second-order valence-electron chi connectivity index (χ2n) is 5.30. The van der Waals surface area contributed by atoms with Crippen molar-refractivity contribution in [1.82, 2.24) is 5.32 Å². The molecule has 0 radical (unpaired) electrons. The molecule has 0 heterocycles. The highest BCUT2D eigenvalue weighted by atomic mass is 35.5. The van der Waals surface area contributed by atoms with E-state index < -0.39 is 0 Å². The van der Waals surface area contributed by atoms with E-state index in [9.17, 15) is 0 Å². The first-order valence-electron chi connectivity index (χ1n) is 6.70. The number of halogens is 1. The molecule has 1 aromatic rings. The lowest BCUT2D eigenvalue weighted by molar-refractivity contribution is 0.421. The van der Waals surface area contributed by atoms with Crippen molar-refractivity contribution >= 4 is 11.6 Å². The van der Waals surface area contributed by atoms with Crippen molar-refractivity contribution in [3.63, 3.8) is 0 Å². The van der Waals surface area contributed by atoms with Gasteiger partial charge in [-0.15, -0.1) is 0 Å². The fraction of sp³-hybridized carbons (Fsp3) is 0.600. The van der Waals surface area contributed by atoms with Crippen molar-refractivity contribution in [2.24, 2.45) is 5.92 Å². The van der Waals surface area contributed by atoms with Crippen LogP contribution < -0.4 is 5.32 Å². The SMILES string of the molecule is CCC(NC1CCC(C)C1)c1cccc(Cl)c1. The minimum Gasteiger partial charge on any atom is -0.307 e. The van der Waals surface area contributed by atoms with Crippen molar-refractivity contribution in [2.45, 2.75) is 51.6 Å². The van der Waals surface area contributed by atoms with Crippen molar-refractivity contribution in [3.8, 4) is 0 Å². The van der Waals surface area contributed by atoms with Gasteiger partial charge in [0.25, 0.3) is 0 Å². The molecule has 1 aliphatic carbocycles. The van der Waals surface area contributed by atoms with E-state index in [1.165, 1.54) is 24.8 Å². The summed E-state index contributed by atoms with van der Waals surface area (Å²) in [5.41, 5.74) is 1.32. The fourth-order valence-electron chi connectivity index (χ4n) is 2.82. The molecule has 1 nitrogen and oxygen atoms in total. The number of nitrogens with one attached hydrogen (secondary N) is 1. The maximum absolute atomic E-state index is 6.06. The standard InChI is InChI=1S/C15H22ClN/c1-3-15(12-5-4-6-13(16)10-12)17-14-8-7-11(2)9-14/h4-6,10-11,14-15,17H,3,7-9H2,1-2H3. The van der Waals surface area contributed by atoms with Crippen LogP contribution in [0.15, 0.2) is 24.3 Å². The van der Waals surface area contributed by atoms with E-state index in [1.807, 2.05) is 12.1 Å². The zero-order valence-corrected chi connectivity index (χ0v) is 11.5. The van der Waals surface area contributed by atoms with E-state index >= 15 is 0 Å². The van der Waals surface area contributed by atoms with E-state index in [1.54, 1.807) is 0 Å². The Morgan fingerprint density at radius 3 is 2.82 bits per heavy atom. The zero-order valence-electron chi connectivity index (χ0n) is 10.7. The minimum atomic E-state index is 0.448. The van der Waals surface area contributed by atoms with Gasteiger partial charge in [0.15, 0.2) is 0 Å². The van der Waals surface area contributed by atoms with Gasteiger partial charge in [0.05, 0.1) is 0 Å². The summed E-state index contributed by atoms with van der Waals surface area (Å²) in [5, 5.41) is 4.62. The Bertz CT molecular complexity index is 364. The molecular formula is C15H22ClN. The van der Waals surface area contributed by atoms with Crippen LogP contribution in [0, 0.1) is 5.92 Å². The highest BCUT2D eigenvalue weighted by Gasteiger charge is 2.23. The summed E-state index contributed by atoms with van der Waals surface area (Å²) in [6, 6.07) is 9.37. The molecule has 3 unspecified atom stereocenters. The topological polar surface area (TPSA) is 12.0 Å². The van der Waals surface area contributed by atoms with E-state index in [2.05, 4.69) is 31.3 Å². The van der Waals surface area contributed by atoms with Gasteiger partial charge in [0.1, 0.15) is 0 Å². The third-order valence-corrected chi connectivity index (χ3v) is 4.03. The lowest BCUT2D eigenvalue weighted by atomic mass is 10.0. The number of rotatable bonds is 4. The summed E-state index contributed by atoms with van der Waals surface area (Å²) in [6.45, 7) is 4.58. The first kappa shape index (κ1) is 12.9. The number of hydrogen-bond acceptors (Lipinski definition) is 1. The predicted octanol–water partition coefficient (Wildman–Crippen LogP) is 4.57. The maximum Gasteiger partial charge on any atom is 0.0409 e. The van der Waals surface area contributed by atoms with Crippen LogP contribution in [-0.2, 0) is 0 Å². The number of hydrogen-bond donors (Lipinski definition) is 1. The minimum absolute atomic E-state index is 0.448. The molecule has 1 fully saturated rings. The van der Waals surface area contributed by atoms with Gasteiger partial charge in [-0.25, -0.2) is 0 Å². The van der Waals surface area contributed by atoms with E-state index in [0.717, 1.165) is 17.4 Å². The van der Waals surface area contributed by atoms with Gasteiger partial charge in [-0.2, -0.15) is 0 Å². The van der Waals surface area contributed by atoms with Crippen molar-refractivity contribution in [3.05, 3.63) is 34.9 Å². The molecule has 0 aliphatic heterocycles. The second-order valence-corrected chi connectivity index (χ2v) is 5.73. The third kappa shape index (κ3) is 3.46. The Morgan fingerprint density at radius 2 is 2.24 bits per heavy atom. The average molecular weight is 252 g/mol. The molecule has 0 amide bonds. The Hall–Kier alpha value is -0.530. The van der Waals surface area contributed by atoms with Gasteiger partial charge in [-0.3, -0.25) is 0 Å². The van der Waals surface area contributed by atoms with Gasteiger partial charge < -0.3 is 5.32 Å². The van der Waals surface area contributed by atoms with Crippen LogP contribution >= 0.6 is 11.6 Å². The normalized spacial score (nSPS) is 26.1. The molecule has 0 saturated heterocycles. The van der Waals surface area contributed by atoms with E-state index in [-0.39, 0.29) is 0 Å². The van der Waals surface area contributed by atoms with Crippen LogP contribution in [0.3, 0.4) is 0 Å². The van der Waals surface area contributed by atoms with Crippen LogP contribution in [0.2, 0.25) is 5.02 Å². The van der Waals surface area contributed by atoms with E-state index in [4.69, 9.17) is 11.6 Å². The Kier molecular flexibility index (Phi) is 4.47. The second kappa shape index (κ2) is 5.88. The molecule has 1 aliphatic rings. The molecular weight excluding hydrogens is 230 g/mol. The van der Waals surface area contributed by atoms with Gasteiger partial charge in [0.2, 0.25) is 0 Å². The first-order valence-corrected chi connectivity index (χ1v) is 7.08. The summed E-state index contributed by atoms with van der Waals surface area (Å²) in [7, 11) is 0. The monoisotopic (exact) mass is 251 g/mol. The summed E-state index contributed by atoms with van der Waals surface area (Å²) >= 11 is 6.06. The Balaban J connectivity index is 2.01.